The molecule has 21 heavy (non-hydrogen) atoms. The summed E-state index contributed by atoms with van der Waals surface area (Å²) in [6.45, 7) is 1.91. The zero-order chi connectivity index (χ0) is 15.6. The van der Waals surface area contributed by atoms with Crippen LogP contribution in [0.2, 0.25) is 5.02 Å². The molecule has 0 bridgehead atoms. The molecule has 0 saturated heterocycles. The van der Waals surface area contributed by atoms with Gasteiger partial charge in [-0.25, -0.2) is 0 Å². The summed E-state index contributed by atoms with van der Waals surface area (Å²) in [5, 5.41) is 19.6. The molecule has 1 aromatic carbocycles. The molecule has 2 aromatic rings. The van der Waals surface area contributed by atoms with E-state index in [-0.39, 0.29) is 6.54 Å². The second-order valence-electron chi connectivity index (χ2n) is 4.91. The number of hydrogen-bond donors (Lipinski definition) is 1. The first kappa shape index (κ1) is 15.1. The van der Waals surface area contributed by atoms with Crippen molar-refractivity contribution in [1.82, 2.24) is 4.98 Å². The van der Waals surface area contributed by atoms with Gasteiger partial charge in [-0.2, -0.15) is 5.26 Å². The lowest BCUT2D eigenvalue weighted by molar-refractivity contribution is -0.140. The van der Waals surface area contributed by atoms with Crippen LogP contribution in [0.1, 0.15) is 12.5 Å². The Morgan fingerprint density at radius 3 is 2.90 bits per heavy atom. The van der Waals surface area contributed by atoms with Gasteiger partial charge in [0.1, 0.15) is 6.07 Å². The van der Waals surface area contributed by atoms with Gasteiger partial charge in [-0.3, -0.25) is 9.78 Å². The van der Waals surface area contributed by atoms with Gasteiger partial charge in [-0.15, -0.1) is 0 Å². The van der Waals surface area contributed by atoms with Crippen molar-refractivity contribution in [2.75, 3.05) is 18.5 Å². The van der Waals surface area contributed by atoms with Crippen molar-refractivity contribution in [2.45, 2.75) is 6.92 Å². The lowest BCUT2D eigenvalue weighted by atomic mass is 10.1. The Bertz CT molecular complexity index is 740. The second kappa shape index (κ2) is 5.98. The summed E-state index contributed by atoms with van der Waals surface area (Å²) in [6, 6.07) is 7.34. The Morgan fingerprint density at radius 2 is 2.29 bits per heavy atom. The molecule has 0 fully saturated rings. The van der Waals surface area contributed by atoms with E-state index in [0.29, 0.717) is 21.8 Å². The molecular formula is C15H14ClN3O2. The number of benzene rings is 1. The highest BCUT2D eigenvalue weighted by Crippen LogP contribution is 2.31. The van der Waals surface area contributed by atoms with E-state index < -0.39 is 11.9 Å². The summed E-state index contributed by atoms with van der Waals surface area (Å²) in [5.74, 6) is -1.43. The molecule has 1 aromatic heterocycles. The van der Waals surface area contributed by atoms with Gasteiger partial charge in [0.2, 0.25) is 0 Å². The fraction of sp³-hybridized carbons (Fsp3) is 0.267. The van der Waals surface area contributed by atoms with Crippen LogP contribution in [0.4, 0.5) is 5.69 Å². The molecule has 0 aliphatic carbocycles. The minimum Gasteiger partial charge on any atom is -0.481 e. The van der Waals surface area contributed by atoms with E-state index in [0.717, 1.165) is 5.39 Å². The number of nitrogens with zero attached hydrogens (tertiary/aromatic N) is 3. The lowest BCUT2D eigenvalue weighted by Crippen LogP contribution is -2.29. The molecule has 0 amide bonds. The molecule has 108 valence electrons. The van der Waals surface area contributed by atoms with E-state index in [1.807, 2.05) is 0 Å². The summed E-state index contributed by atoms with van der Waals surface area (Å²) in [6.07, 6.45) is 1.49. The molecule has 0 saturated carbocycles. The number of nitriles is 1. The highest BCUT2D eigenvalue weighted by Gasteiger charge is 2.18. The van der Waals surface area contributed by atoms with Crippen LogP contribution in [0.15, 0.2) is 24.4 Å². The number of hydrogen-bond acceptors (Lipinski definition) is 4. The first-order valence-corrected chi connectivity index (χ1v) is 6.74. The molecule has 5 nitrogen and oxygen atoms in total. The molecule has 1 heterocycles. The first-order chi connectivity index (χ1) is 9.93. The van der Waals surface area contributed by atoms with Crippen LogP contribution in [-0.4, -0.2) is 29.7 Å². The van der Waals surface area contributed by atoms with Crippen molar-refractivity contribution >= 4 is 34.2 Å². The van der Waals surface area contributed by atoms with Gasteiger partial charge in [-0.05, 0) is 18.2 Å². The van der Waals surface area contributed by atoms with Gasteiger partial charge in [0.25, 0.3) is 0 Å². The van der Waals surface area contributed by atoms with Crippen LogP contribution in [0, 0.1) is 17.2 Å². The third-order valence-corrected chi connectivity index (χ3v) is 3.51. The van der Waals surface area contributed by atoms with Gasteiger partial charge in [0.15, 0.2) is 0 Å². The number of carboxylic acid groups (broad SMARTS) is 1. The van der Waals surface area contributed by atoms with Crippen molar-refractivity contribution in [3.8, 4) is 6.07 Å². The zero-order valence-electron chi connectivity index (χ0n) is 11.7. The summed E-state index contributed by atoms with van der Waals surface area (Å²) in [5.41, 5.74) is 1.76. The highest BCUT2D eigenvalue weighted by molar-refractivity contribution is 6.31. The second-order valence-corrected chi connectivity index (χ2v) is 5.35. The summed E-state index contributed by atoms with van der Waals surface area (Å²) >= 11 is 6.02. The number of rotatable bonds is 4. The van der Waals surface area contributed by atoms with Crippen molar-refractivity contribution in [3.63, 3.8) is 0 Å². The third-order valence-electron chi connectivity index (χ3n) is 3.27. The largest absolute Gasteiger partial charge is 0.481 e. The molecular weight excluding hydrogens is 290 g/mol. The smallest absolute Gasteiger partial charge is 0.308 e. The number of aromatic nitrogens is 1. The third kappa shape index (κ3) is 3.06. The predicted octanol–water partition coefficient (Wildman–Crippen LogP) is 2.92. The average Bonchev–Trinajstić information content (AvgIpc) is 2.45. The zero-order valence-corrected chi connectivity index (χ0v) is 12.4. The van der Waals surface area contributed by atoms with Crippen molar-refractivity contribution < 1.29 is 9.90 Å². The lowest BCUT2D eigenvalue weighted by Gasteiger charge is -2.24. The molecule has 1 unspecified atom stereocenters. The van der Waals surface area contributed by atoms with Crippen molar-refractivity contribution in [3.05, 3.63) is 35.0 Å². The normalized spacial score (nSPS) is 11.9. The van der Waals surface area contributed by atoms with Gasteiger partial charge in [0, 0.05) is 30.2 Å². The van der Waals surface area contributed by atoms with Crippen LogP contribution in [0.5, 0.6) is 0 Å². The Kier molecular flexibility index (Phi) is 4.29. The quantitative estimate of drug-likeness (QED) is 0.939. The number of fused-ring (bicyclic) bond motifs is 1. The van der Waals surface area contributed by atoms with E-state index in [1.165, 1.54) is 6.20 Å². The minimum absolute atomic E-state index is 0.287. The van der Waals surface area contributed by atoms with E-state index in [2.05, 4.69) is 11.1 Å². The molecule has 0 aliphatic rings. The number of aliphatic carboxylic acids is 1. The molecule has 1 N–H and O–H groups in total. The number of anilines is 1. The van der Waals surface area contributed by atoms with Gasteiger partial charge in [-0.1, -0.05) is 18.5 Å². The maximum Gasteiger partial charge on any atom is 0.308 e. The number of carboxylic acids is 1. The maximum atomic E-state index is 11.0. The fourth-order valence-electron chi connectivity index (χ4n) is 2.22. The SMILES string of the molecule is CC(CN(C)c1c(C#N)cnc2ccc(Cl)cc12)C(=O)O. The molecule has 0 radical (unpaired) electrons. The summed E-state index contributed by atoms with van der Waals surface area (Å²) in [4.78, 5) is 17.0. The van der Waals surface area contributed by atoms with E-state index in [9.17, 15) is 10.1 Å². The monoisotopic (exact) mass is 303 g/mol. The van der Waals surface area contributed by atoms with Crippen LogP contribution in [0.25, 0.3) is 10.9 Å². The maximum absolute atomic E-state index is 11.0. The fourth-order valence-corrected chi connectivity index (χ4v) is 2.40. The predicted molar refractivity (Wildman–Crippen MR) is 81.5 cm³/mol. The van der Waals surface area contributed by atoms with E-state index in [4.69, 9.17) is 16.7 Å². The Balaban J connectivity index is 2.57. The van der Waals surface area contributed by atoms with Crippen LogP contribution in [-0.2, 0) is 4.79 Å². The topological polar surface area (TPSA) is 77.2 Å². The van der Waals surface area contributed by atoms with E-state index in [1.54, 1.807) is 37.1 Å². The highest BCUT2D eigenvalue weighted by atomic mass is 35.5. The summed E-state index contributed by atoms with van der Waals surface area (Å²) in [7, 11) is 1.76. The Hall–Kier alpha value is -2.32. The Morgan fingerprint density at radius 1 is 1.57 bits per heavy atom. The summed E-state index contributed by atoms with van der Waals surface area (Å²) < 4.78 is 0. The number of carbonyl (C=O) groups is 1. The standard InChI is InChI=1S/C15H14ClN3O2/c1-9(15(20)21)8-19(2)14-10(6-17)7-18-13-4-3-11(16)5-12(13)14/h3-5,7,9H,8H2,1-2H3,(H,20,21). The number of pyridine rings is 1. The van der Waals surface area contributed by atoms with Crippen molar-refractivity contribution in [1.29, 1.82) is 5.26 Å². The first-order valence-electron chi connectivity index (χ1n) is 6.36. The van der Waals surface area contributed by atoms with Gasteiger partial charge < -0.3 is 10.0 Å². The molecule has 0 spiro atoms. The molecule has 6 heteroatoms. The molecule has 0 aliphatic heterocycles. The Labute approximate surface area is 127 Å². The number of halogens is 1. The molecule has 2 rings (SSSR count). The minimum atomic E-state index is -0.878. The van der Waals surface area contributed by atoms with Crippen LogP contribution < -0.4 is 4.90 Å². The van der Waals surface area contributed by atoms with Crippen LogP contribution >= 0.6 is 11.6 Å². The molecule has 1 atom stereocenters. The van der Waals surface area contributed by atoms with Gasteiger partial charge >= 0.3 is 5.97 Å². The van der Waals surface area contributed by atoms with E-state index >= 15 is 0 Å². The van der Waals surface area contributed by atoms with Gasteiger partial charge in [0.05, 0.1) is 22.7 Å². The average molecular weight is 304 g/mol. The van der Waals surface area contributed by atoms with Crippen molar-refractivity contribution in [2.24, 2.45) is 5.92 Å². The van der Waals surface area contributed by atoms with Crippen LogP contribution in [0.3, 0.4) is 0 Å².